The monoisotopic (exact) mass is 288 g/mol. The molecule has 0 aliphatic rings. The lowest BCUT2D eigenvalue weighted by atomic mass is 10.7. The fourth-order valence-electron chi connectivity index (χ4n) is 0.0833. The van der Waals surface area contributed by atoms with Crippen molar-refractivity contribution in [3.63, 3.8) is 0 Å². The summed E-state index contributed by atoms with van der Waals surface area (Å²) in [5.41, 5.74) is 0. The number of rotatable bonds is 1. The summed E-state index contributed by atoms with van der Waals surface area (Å²) in [7, 11) is 7.56. The molecule has 116 valence electrons. The van der Waals surface area contributed by atoms with Crippen LogP contribution in [0.5, 0.6) is 0 Å². The Labute approximate surface area is 109 Å². The Balaban J connectivity index is -0.0000000459. The quantitative estimate of drug-likeness (QED) is 0.264. The average molecular weight is 288 g/mol. The van der Waals surface area contributed by atoms with Gasteiger partial charge in [-0.05, 0) is 0 Å². The summed E-state index contributed by atoms with van der Waals surface area (Å²) in [6.07, 6.45) is 1.11. The molecule has 0 unspecified atom stereocenters. The van der Waals surface area contributed by atoms with E-state index in [4.69, 9.17) is 30.6 Å². The first-order valence-corrected chi connectivity index (χ1v) is 4.11. The van der Waals surface area contributed by atoms with Gasteiger partial charge in [0.25, 0.3) is 0 Å². The van der Waals surface area contributed by atoms with Crippen LogP contribution in [0.2, 0.25) is 0 Å². The number of quaternary nitrogens is 2. The highest BCUT2D eigenvalue weighted by Crippen LogP contribution is 1.67. The second-order valence-electron chi connectivity index (χ2n) is 2.67. The number of esters is 1. The Morgan fingerprint density at radius 2 is 1.26 bits per heavy atom. The van der Waals surface area contributed by atoms with E-state index < -0.39 is 16.1 Å². The molecule has 0 amide bonds. The van der Waals surface area contributed by atoms with E-state index in [1.807, 2.05) is 0 Å². The van der Waals surface area contributed by atoms with Crippen LogP contribution in [0, 0.1) is 30.6 Å². The first kappa shape index (κ1) is 30.0. The largest absolute Gasteiger partial charge is 0.466 e. The molecule has 0 atom stereocenters. The van der Waals surface area contributed by atoms with E-state index in [-0.39, 0.29) is 6.15 Å². The molecule has 0 fully saturated rings. The van der Waals surface area contributed by atoms with Gasteiger partial charge in [0.15, 0.2) is 0 Å². The van der Waals surface area contributed by atoms with Gasteiger partial charge in [-0.25, -0.2) is 4.79 Å². The molecule has 0 saturated carbocycles. The predicted octanol–water partition coefficient (Wildman–Crippen LogP) is -0.996. The number of hydrogen-bond donors (Lipinski definition) is 2. The SMILES string of the molecule is C=CC(=O)OC.C[NH+](C)C.O=[N+]([O-])[O-].O=[N+]([O-])[O-].[NH4+]. The molecule has 0 aromatic carbocycles. The van der Waals surface area contributed by atoms with Gasteiger partial charge in [0.2, 0.25) is 0 Å². The lowest BCUT2D eigenvalue weighted by Crippen LogP contribution is -3.02. The third kappa shape index (κ3) is 1210. The molecule has 0 bridgehead atoms. The molecule has 0 aromatic rings. The van der Waals surface area contributed by atoms with Crippen LogP contribution in [-0.4, -0.2) is 44.4 Å². The second-order valence-corrected chi connectivity index (χ2v) is 2.67. The molecule has 0 rings (SSSR count). The molecule has 5 N–H and O–H groups in total. The Hall–Kier alpha value is -2.47. The van der Waals surface area contributed by atoms with Crippen LogP contribution < -0.4 is 11.1 Å². The first-order chi connectivity index (χ1) is 8.00. The normalized spacial score (nSPS) is 6.58. The van der Waals surface area contributed by atoms with Crippen molar-refractivity contribution in [2.24, 2.45) is 0 Å². The molecule has 0 saturated heterocycles. The van der Waals surface area contributed by atoms with Crippen molar-refractivity contribution in [1.82, 2.24) is 6.15 Å². The Bertz CT molecular complexity index is 222. The van der Waals surface area contributed by atoms with Gasteiger partial charge in [0.1, 0.15) is 0 Å². The zero-order valence-corrected chi connectivity index (χ0v) is 11.4. The van der Waals surface area contributed by atoms with Crippen LogP contribution in [0.1, 0.15) is 0 Å². The summed E-state index contributed by atoms with van der Waals surface area (Å²) in [4.78, 5) is 27.8. The fraction of sp³-hybridized carbons (Fsp3) is 0.571. The number of nitrogens with zero attached hydrogens (tertiary/aromatic N) is 2. The Morgan fingerprint density at radius 1 is 1.11 bits per heavy atom. The van der Waals surface area contributed by atoms with Crippen molar-refractivity contribution in [3.8, 4) is 0 Å². The molecule has 0 radical (unpaired) electrons. The van der Waals surface area contributed by atoms with Crippen molar-refractivity contribution in [1.29, 1.82) is 0 Å². The molecule has 0 heterocycles. The van der Waals surface area contributed by atoms with Gasteiger partial charge in [0, 0.05) is 6.08 Å². The number of methoxy groups -OCH3 is 1. The van der Waals surface area contributed by atoms with Gasteiger partial charge in [-0.2, -0.15) is 0 Å². The summed E-state index contributed by atoms with van der Waals surface area (Å²) < 4.78 is 4.14. The van der Waals surface area contributed by atoms with Crippen LogP contribution in [0.4, 0.5) is 0 Å². The molecular weight excluding hydrogens is 268 g/mol. The lowest BCUT2D eigenvalue weighted by molar-refractivity contribution is -0.836. The number of carbonyl (C=O) groups excluding carboxylic acids is 1. The standard InChI is InChI=1S/C4H6O2.C3H9N.2NO3.H3N/c1-3-4(5)6-2;1-4(2)3;2*2-1(3)4;/h3H,1H2,2H3;1-3H3;;;1H3/q;;2*-1;/p+2. The third-order valence-corrected chi connectivity index (χ3v) is 0.368. The van der Waals surface area contributed by atoms with Crippen molar-refractivity contribution < 1.29 is 24.6 Å². The van der Waals surface area contributed by atoms with Gasteiger partial charge >= 0.3 is 5.97 Å². The van der Waals surface area contributed by atoms with Crippen LogP contribution in [0.25, 0.3) is 0 Å². The lowest BCUT2D eigenvalue weighted by Gasteiger charge is -1.88. The predicted molar refractivity (Wildman–Crippen MR) is 67.7 cm³/mol. The number of carbonyl (C=O) groups is 1. The van der Waals surface area contributed by atoms with Crippen LogP contribution in [-0.2, 0) is 9.53 Å². The number of hydrogen-bond acceptors (Lipinski definition) is 8. The maximum absolute atomic E-state index is 9.84. The maximum Gasteiger partial charge on any atom is 0.329 e. The second kappa shape index (κ2) is 24.7. The van der Waals surface area contributed by atoms with Crippen molar-refractivity contribution in [2.45, 2.75) is 0 Å². The Morgan fingerprint density at radius 3 is 1.26 bits per heavy atom. The minimum atomic E-state index is -1.75. The Kier molecular flexibility index (Phi) is 38.9. The zero-order valence-electron chi connectivity index (χ0n) is 11.4. The zero-order chi connectivity index (χ0) is 15.7. The van der Waals surface area contributed by atoms with Crippen LogP contribution in [0.3, 0.4) is 0 Å². The van der Waals surface area contributed by atoms with E-state index in [0.29, 0.717) is 0 Å². The molecule has 19 heavy (non-hydrogen) atoms. The van der Waals surface area contributed by atoms with Gasteiger partial charge in [-0.1, -0.05) is 6.58 Å². The summed E-state index contributed by atoms with van der Waals surface area (Å²) in [6.45, 7) is 3.16. The van der Waals surface area contributed by atoms with E-state index in [0.717, 1.165) is 6.08 Å². The highest BCUT2D eigenvalue weighted by molar-refractivity contribution is 5.80. The molecule has 12 heteroatoms. The minimum Gasteiger partial charge on any atom is -0.466 e. The van der Waals surface area contributed by atoms with Crippen LogP contribution in [0.15, 0.2) is 12.7 Å². The summed E-state index contributed by atoms with van der Waals surface area (Å²) in [5.74, 6) is -0.394. The van der Waals surface area contributed by atoms with Crippen molar-refractivity contribution in [2.75, 3.05) is 28.3 Å². The highest BCUT2D eigenvalue weighted by Gasteiger charge is 1.81. The highest BCUT2D eigenvalue weighted by atomic mass is 16.9. The van der Waals surface area contributed by atoms with Gasteiger partial charge in [-0.15, -0.1) is 0 Å². The minimum absolute atomic E-state index is 0. The van der Waals surface area contributed by atoms with Gasteiger partial charge < -0.3 is 46.4 Å². The van der Waals surface area contributed by atoms with E-state index >= 15 is 0 Å². The first-order valence-electron chi connectivity index (χ1n) is 4.11. The van der Waals surface area contributed by atoms with Crippen LogP contribution >= 0.6 is 0 Å². The van der Waals surface area contributed by atoms with Gasteiger partial charge in [-0.3, -0.25) is 0 Å². The molecule has 12 nitrogen and oxygen atoms in total. The van der Waals surface area contributed by atoms with E-state index in [2.05, 4.69) is 32.5 Å². The van der Waals surface area contributed by atoms with E-state index in [9.17, 15) is 4.79 Å². The number of nitrogens with one attached hydrogen (secondary N) is 1. The van der Waals surface area contributed by atoms with E-state index in [1.165, 1.54) is 12.0 Å². The van der Waals surface area contributed by atoms with E-state index in [1.54, 1.807) is 0 Å². The van der Waals surface area contributed by atoms with Crippen molar-refractivity contribution >= 4 is 5.97 Å². The molecule has 0 aliphatic carbocycles. The smallest absolute Gasteiger partial charge is 0.329 e. The van der Waals surface area contributed by atoms with Gasteiger partial charge in [0.05, 0.1) is 38.4 Å². The third-order valence-electron chi connectivity index (χ3n) is 0.368. The average Bonchev–Trinajstić information content (AvgIpc) is 2.13. The molecular formula is C7H20N4O8. The molecule has 0 aromatic heterocycles. The topological polar surface area (TPSA) is 200 Å². The fourth-order valence-corrected chi connectivity index (χ4v) is 0.0833. The van der Waals surface area contributed by atoms with Crippen molar-refractivity contribution in [3.05, 3.63) is 43.3 Å². The number of ether oxygens (including phenoxy) is 1. The maximum atomic E-state index is 9.84. The molecule has 0 spiro atoms. The summed E-state index contributed by atoms with van der Waals surface area (Å²) >= 11 is 0. The summed E-state index contributed by atoms with van der Waals surface area (Å²) in [6, 6.07) is 0. The summed E-state index contributed by atoms with van der Waals surface area (Å²) in [5, 5.41) is 29.5. The molecule has 0 aliphatic heterocycles.